The second kappa shape index (κ2) is 6.99. The van der Waals surface area contributed by atoms with Crippen molar-refractivity contribution in [2.24, 2.45) is 0 Å². The molecule has 0 atom stereocenters. The number of allylic oxidation sites excluding steroid dienone is 1. The molecule has 4 nitrogen and oxygen atoms in total. The Balaban J connectivity index is 2.34. The van der Waals surface area contributed by atoms with Crippen LogP contribution in [0.4, 0.5) is 13.2 Å². The van der Waals surface area contributed by atoms with Gasteiger partial charge in [-0.25, -0.2) is 8.42 Å². The number of hydrogen-bond acceptors (Lipinski definition) is 4. The molecule has 2 aromatic rings. The Hall–Kier alpha value is -2.79. The van der Waals surface area contributed by atoms with E-state index in [9.17, 15) is 26.9 Å². The Morgan fingerprint density at radius 3 is 2.12 bits per heavy atom. The van der Waals surface area contributed by atoms with Crippen LogP contribution in [0.3, 0.4) is 0 Å². The molecule has 0 amide bonds. The Bertz CT molecular complexity index is 923. The van der Waals surface area contributed by atoms with Crippen LogP contribution < -0.4 is 4.74 Å². The lowest BCUT2D eigenvalue weighted by atomic mass is 10.2. The van der Waals surface area contributed by atoms with E-state index >= 15 is 0 Å². The molecule has 0 fully saturated rings. The molecule has 0 spiro atoms. The van der Waals surface area contributed by atoms with Gasteiger partial charge < -0.3 is 4.74 Å². The second-order valence-corrected chi connectivity index (χ2v) is 6.97. The van der Waals surface area contributed by atoms with Crippen LogP contribution in [0.15, 0.2) is 58.3 Å². The van der Waals surface area contributed by atoms with Gasteiger partial charge in [-0.2, -0.15) is 5.26 Å². The lowest BCUT2D eigenvalue weighted by Gasteiger charge is -2.08. The number of aryl methyl sites for hydroxylation is 1. The first-order chi connectivity index (χ1) is 11.6. The van der Waals surface area contributed by atoms with Crippen LogP contribution in [0.25, 0.3) is 6.08 Å². The van der Waals surface area contributed by atoms with E-state index in [1.54, 1.807) is 25.1 Å². The van der Waals surface area contributed by atoms with Crippen molar-refractivity contribution in [2.75, 3.05) is 0 Å². The number of sulfone groups is 1. The highest BCUT2D eigenvalue weighted by molar-refractivity contribution is 7.95. The first-order valence-corrected chi connectivity index (χ1v) is 8.39. The van der Waals surface area contributed by atoms with E-state index in [4.69, 9.17) is 0 Å². The highest BCUT2D eigenvalue weighted by atomic mass is 32.2. The van der Waals surface area contributed by atoms with E-state index < -0.39 is 26.9 Å². The van der Waals surface area contributed by atoms with E-state index in [1.807, 2.05) is 0 Å². The molecule has 130 valence electrons. The van der Waals surface area contributed by atoms with Gasteiger partial charge in [0, 0.05) is 0 Å². The normalized spacial score (nSPS) is 12.5. The first-order valence-electron chi connectivity index (χ1n) is 6.91. The smallest absolute Gasteiger partial charge is 0.406 e. The maximum absolute atomic E-state index is 12.5. The zero-order valence-electron chi connectivity index (χ0n) is 12.9. The van der Waals surface area contributed by atoms with Crippen molar-refractivity contribution >= 4 is 15.9 Å². The van der Waals surface area contributed by atoms with E-state index in [0.29, 0.717) is 0 Å². The second-order valence-electron chi connectivity index (χ2n) is 5.05. The Morgan fingerprint density at radius 1 is 1.08 bits per heavy atom. The van der Waals surface area contributed by atoms with Crippen LogP contribution in [-0.2, 0) is 9.84 Å². The fraction of sp³-hybridized carbons (Fsp3) is 0.118. The number of ether oxygens (including phenoxy) is 1. The predicted molar refractivity (Wildman–Crippen MR) is 85.1 cm³/mol. The molecular formula is C17H12F3NO3S. The molecule has 0 aliphatic carbocycles. The van der Waals surface area contributed by atoms with Crippen molar-refractivity contribution in [3.05, 3.63) is 64.6 Å². The maximum atomic E-state index is 12.5. The molecule has 2 rings (SSSR count). The van der Waals surface area contributed by atoms with E-state index in [2.05, 4.69) is 4.74 Å². The third kappa shape index (κ3) is 4.84. The van der Waals surface area contributed by atoms with Crippen molar-refractivity contribution in [2.45, 2.75) is 18.2 Å². The Morgan fingerprint density at radius 2 is 1.64 bits per heavy atom. The van der Waals surface area contributed by atoms with Gasteiger partial charge in [0.1, 0.15) is 16.7 Å². The zero-order valence-corrected chi connectivity index (χ0v) is 13.7. The highest BCUT2D eigenvalue weighted by Crippen LogP contribution is 2.25. The molecule has 0 N–H and O–H groups in total. The summed E-state index contributed by atoms with van der Waals surface area (Å²) in [4.78, 5) is -0.552. The van der Waals surface area contributed by atoms with Crippen LogP contribution >= 0.6 is 0 Å². The maximum Gasteiger partial charge on any atom is 0.573 e. The van der Waals surface area contributed by atoms with Gasteiger partial charge in [-0.05, 0) is 42.8 Å². The van der Waals surface area contributed by atoms with Crippen LogP contribution in [0, 0.1) is 18.3 Å². The first kappa shape index (κ1) is 18.5. The molecule has 0 aliphatic heterocycles. The summed E-state index contributed by atoms with van der Waals surface area (Å²) in [7, 11) is -4.02. The fourth-order valence-electron chi connectivity index (χ4n) is 1.93. The number of benzene rings is 2. The third-order valence-corrected chi connectivity index (χ3v) is 4.82. The summed E-state index contributed by atoms with van der Waals surface area (Å²) in [5.74, 6) is -0.440. The van der Waals surface area contributed by atoms with Gasteiger partial charge in [0.25, 0.3) is 0 Å². The molecule has 0 saturated heterocycles. The lowest BCUT2D eigenvalue weighted by Crippen LogP contribution is -2.16. The summed E-state index contributed by atoms with van der Waals surface area (Å²) < 4.78 is 65.0. The molecule has 0 radical (unpaired) electrons. The largest absolute Gasteiger partial charge is 0.573 e. The van der Waals surface area contributed by atoms with Crippen molar-refractivity contribution < 1.29 is 26.3 Å². The van der Waals surface area contributed by atoms with E-state index in [-0.39, 0.29) is 10.5 Å². The SMILES string of the molecule is Cc1ccc(S(=O)(=O)C(C#N)=Cc2ccc(OC(F)(F)F)cc2)cc1. The third-order valence-electron chi connectivity index (χ3n) is 3.14. The fourth-order valence-corrected chi connectivity index (χ4v) is 3.09. The molecule has 2 aromatic carbocycles. The summed E-state index contributed by atoms with van der Waals surface area (Å²) in [6, 6.07) is 12.1. The molecule has 0 saturated carbocycles. The average Bonchev–Trinajstić information content (AvgIpc) is 2.53. The van der Waals surface area contributed by atoms with E-state index in [1.165, 1.54) is 24.3 Å². The Labute approximate surface area is 142 Å². The lowest BCUT2D eigenvalue weighted by molar-refractivity contribution is -0.274. The summed E-state index contributed by atoms with van der Waals surface area (Å²) in [5, 5.41) is 9.18. The predicted octanol–water partition coefficient (Wildman–Crippen LogP) is 4.23. The summed E-state index contributed by atoms with van der Waals surface area (Å²) in [5.41, 5.74) is 1.11. The monoisotopic (exact) mass is 367 g/mol. The zero-order chi connectivity index (χ0) is 18.7. The highest BCUT2D eigenvalue weighted by Gasteiger charge is 2.31. The van der Waals surface area contributed by atoms with Crippen LogP contribution in [-0.4, -0.2) is 14.8 Å². The van der Waals surface area contributed by atoms with Gasteiger partial charge >= 0.3 is 6.36 Å². The number of halogens is 3. The number of nitrogens with zero attached hydrogens (tertiary/aromatic N) is 1. The van der Waals surface area contributed by atoms with Crippen LogP contribution in [0.2, 0.25) is 0 Å². The van der Waals surface area contributed by atoms with Crippen LogP contribution in [0.5, 0.6) is 5.75 Å². The molecule has 0 aromatic heterocycles. The molecule has 0 bridgehead atoms. The average molecular weight is 367 g/mol. The molecule has 0 unspecified atom stereocenters. The quantitative estimate of drug-likeness (QED) is 0.759. The number of rotatable bonds is 4. The van der Waals surface area contributed by atoms with Crippen molar-refractivity contribution in [3.63, 3.8) is 0 Å². The van der Waals surface area contributed by atoms with E-state index in [0.717, 1.165) is 23.8 Å². The molecule has 0 aliphatic rings. The molecule has 8 heteroatoms. The van der Waals surface area contributed by atoms with Gasteiger partial charge in [-0.1, -0.05) is 29.8 Å². The van der Waals surface area contributed by atoms with Gasteiger partial charge in [0.05, 0.1) is 4.90 Å². The standard InChI is InChI=1S/C17H12F3NO3S/c1-12-2-8-15(9-3-12)25(22,23)16(11-21)10-13-4-6-14(7-5-13)24-17(18,19)20/h2-10H,1H3. The van der Waals surface area contributed by atoms with Gasteiger partial charge in [0.2, 0.25) is 9.84 Å². The number of nitriles is 1. The summed E-state index contributed by atoms with van der Waals surface area (Å²) in [6.07, 6.45) is -3.73. The summed E-state index contributed by atoms with van der Waals surface area (Å²) >= 11 is 0. The van der Waals surface area contributed by atoms with Crippen LogP contribution in [0.1, 0.15) is 11.1 Å². The summed E-state index contributed by atoms with van der Waals surface area (Å²) in [6.45, 7) is 1.79. The van der Waals surface area contributed by atoms with Crippen molar-refractivity contribution in [1.29, 1.82) is 5.26 Å². The minimum Gasteiger partial charge on any atom is -0.406 e. The topological polar surface area (TPSA) is 67.2 Å². The molecular weight excluding hydrogens is 355 g/mol. The van der Waals surface area contributed by atoms with Crippen molar-refractivity contribution in [1.82, 2.24) is 0 Å². The number of hydrogen-bond donors (Lipinski definition) is 0. The Kier molecular flexibility index (Phi) is 5.18. The number of alkyl halides is 3. The minimum atomic E-state index is -4.82. The van der Waals surface area contributed by atoms with Gasteiger partial charge in [-0.15, -0.1) is 13.2 Å². The molecule has 0 heterocycles. The molecule has 25 heavy (non-hydrogen) atoms. The van der Waals surface area contributed by atoms with Gasteiger partial charge in [-0.3, -0.25) is 0 Å². The minimum absolute atomic E-state index is 0.0390. The van der Waals surface area contributed by atoms with Crippen molar-refractivity contribution in [3.8, 4) is 11.8 Å². The van der Waals surface area contributed by atoms with Gasteiger partial charge in [0.15, 0.2) is 0 Å².